The van der Waals surface area contributed by atoms with E-state index in [4.69, 9.17) is 11.6 Å². The molecule has 20 heavy (non-hydrogen) atoms. The molecule has 0 aliphatic carbocycles. The molecule has 3 heteroatoms. The predicted molar refractivity (Wildman–Crippen MR) is 80.7 cm³/mol. The van der Waals surface area contributed by atoms with Gasteiger partial charge >= 0.3 is 0 Å². The fraction of sp³-hybridized carbons (Fsp3) is 0.294. The molecule has 1 aliphatic heterocycles. The third-order valence-corrected chi connectivity index (χ3v) is 4.26. The predicted octanol–water partition coefficient (Wildman–Crippen LogP) is 4.02. The average molecular weight is 290 g/mol. The maximum absolute atomic E-state index is 13.0. The van der Waals surface area contributed by atoms with Crippen LogP contribution in [0.5, 0.6) is 0 Å². The third kappa shape index (κ3) is 3.02. The van der Waals surface area contributed by atoms with Gasteiger partial charge in [-0.2, -0.15) is 0 Å². The van der Waals surface area contributed by atoms with Crippen LogP contribution >= 0.6 is 11.6 Å². The van der Waals surface area contributed by atoms with E-state index in [2.05, 4.69) is 11.4 Å². The summed E-state index contributed by atoms with van der Waals surface area (Å²) in [5.41, 5.74) is 2.47. The van der Waals surface area contributed by atoms with Crippen molar-refractivity contribution in [3.63, 3.8) is 0 Å². The summed E-state index contributed by atoms with van der Waals surface area (Å²) in [6, 6.07) is 14.9. The molecule has 1 heterocycles. The van der Waals surface area contributed by atoms with Crippen LogP contribution in [0, 0.1) is 11.7 Å². The van der Waals surface area contributed by atoms with E-state index in [0.717, 1.165) is 24.5 Å². The van der Waals surface area contributed by atoms with E-state index in [1.54, 1.807) is 12.1 Å². The second kappa shape index (κ2) is 5.94. The summed E-state index contributed by atoms with van der Waals surface area (Å²) in [7, 11) is 0. The van der Waals surface area contributed by atoms with Crippen molar-refractivity contribution in [2.24, 2.45) is 5.92 Å². The highest BCUT2D eigenvalue weighted by Gasteiger charge is 2.28. The molecule has 1 saturated heterocycles. The minimum Gasteiger partial charge on any atom is -0.316 e. The molecule has 0 saturated carbocycles. The lowest BCUT2D eigenvalue weighted by Gasteiger charge is -2.19. The van der Waals surface area contributed by atoms with Crippen molar-refractivity contribution in [1.29, 1.82) is 0 Å². The minimum absolute atomic E-state index is 0.175. The van der Waals surface area contributed by atoms with Gasteiger partial charge in [0.05, 0.1) is 0 Å². The Kier molecular flexibility index (Phi) is 4.04. The molecule has 3 rings (SSSR count). The van der Waals surface area contributed by atoms with Crippen molar-refractivity contribution in [2.75, 3.05) is 13.1 Å². The van der Waals surface area contributed by atoms with Gasteiger partial charge in [-0.25, -0.2) is 4.39 Å². The lowest BCUT2D eigenvalue weighted by molar-refractivity contribution is 0.515. The topological polar surface area (TPSA) is 12.0 Å². The molecular formula is C17H17ClFN. The smallest absolute Gasteiger partial charge is 0.123 e. The van der Waals surface area contributed by atoms with Crippen LogP contribution in [-0.2, 0) is 6.42 Å². The quantitative estimate of drug-likeness (QED) is 0.900. The van der Waals surface area contributed by atoms with E-state index in [1.807, 2.05) is 30.3 Å². The molecule has 2 atom stereocenters. The van der Waals surface area contributed by atoms with Gasteiger partial charge < -0.3 is 5.32 Å². The summed E-state index contributed by atoms with van der Waals surface area (Å²) < 4.78 is 13.0. The van der Waals surface area contributed by atoms with Crippen LogP contribution in [0.25, 0.3) is 0 Å². The highest BCUT2D eigenvalue weighted by molar-refractivity contribution is 6.30. The van der Waals surface area contributed by atoms with Gasteiger partial charge in [0, 0.05) is 17.5 Å². The van der Waals surface area contributed by atoms with Gasteiger partial charge in [0.1, 0.15) is 5.82 Å². The Labute approximate surface area is 123 Å². The summed E-state index contributed by atoms with van der Waals surface area (Å²) in [6.07, 6.45) is 0.996. The Morgan fingerprint density at radius 3 is 2.65 bits per heavy atom. The van der Waals surface area contributed by atoms with Crippen LogP contribution in [0.3, 0.4) is 0 Å². The van der Waals surface area contributed by atoms with Crippen LogP contribution in [-0.4, -0.2) is 13.1 Å². The molecule has 1 nitrogen and oxygen atoms in total. The Bertz CT molecular complexity index is 582. The summed E-state index contributed by atoms with van der Waals surface area (Å²) in [5.74, 6) is 0.791. The van der Waals surface area contributed by atoms with Crippen molar-refractivity contribution in [2.45, 2.75) is 12.3 Å². The molecular weight excluding hydrogens is 273 g/mol. The molecule has 0 amide bonds. The minimum atomic E-state index is -0.175. The first kappa shape index (κ1) is 13.6. The second-order valence-corrected chi connectivity index (χ2v) is 5.85. The van der Waals surface area contributed by atoms with Crippen molar-refractivity contribution in [3.05, 3.63) is 70.5 Å². The van der Waals surface area contributed by atoms with Gasteiger partial charge in [0.2, 0.25) is 0 Å². The van der Waals surface area contributed by atoms with E-state index in [1.165, 1.54) is 11.1 Å². The largest absolute Gasteiger partial charge is 0.316 e. The van der Waals surface area contributed by atoms with Crippen LogP contribution in [0.2, 0.25) is 5.02 Å². The van der Waals surface area contributed by atoms with Crippen LogP contribution in [0.15, 0.2) is 48.5 Å². The molecule has 1 N–H and O–H groups in total. The van der Waals surface area contributed by atoms with Gasteiger partial charge in [0.15, 0.2) is 0 Å². The molecule has 0 bridgehead atoms. The highest BCUT2D eigenvalue weighted by atomic mass is 35.5. The van der Waals surface area contributed by atoms with Gasteiger partial charge in [-0.3, -0.25) is 0 Å². The lowest BCUT2D eigenvalue weighted by Crippen LogP contribution is -2.14. The molecule has 1 aliphatic rings. The number of hydrogen-bond acceptors (Lipinski definition) is 1. The zero-order valence-corrected chi connectivity index (χ0v) is 11.9. The summed E-state index contributed by atoms with van der Waals surface area (Å²) in [6.45, 7) is 1.95. The standard InChI is InChI=1S/C17H17ClFN/c18-15-3-1-2-12(9-15)8-14-10-20-11-17(14)13-4-6-16(19)7-5-13/h1-7,9,14,17,20H,8,10-11H2/t14-,17-/m1/s1. The summed E-state index contributed by atoms with van der Waals surface area (Å²) in [4.78, 5) is 0. The molecule has 2 aromatic rings. The number of benzene rings is 2. The molecule has 0 unspecified atom stereocenters. The average Bonchev–Trinajstić information content (AvgIpc) is 2.88. The van der Waals surface area contributed by atoms with Gasteiger partial charge in [-0.1, -0.05) is 35.9 Å². The number of halogens is 2. The zero-order chi connectivity index (χ0) is 13.9. The molecule has 1 fully saturated rings. The fourth-order valence-corrected chi connectivity index (χ4v) is 3.23. The monoisotopic (exact) mass is 289 g/mol. The van der Waals surface area contributed by atoms with Crippen molar-refractivity contribution in [3.8, 4) is 0 Å². The Morgan fingerprint density at radius 2 is 1.90 bits per heavy atom. The number of rotatable bonds is 3. The van der Waals surface area contributed by atoms with E-state index in [-0.39, 0.29) is 5.82 Å². The normalized spacial score (nSPS) is 22.1. The number of nitrogens with one attached hydrogen (secondary N) is 1. The third-order valence-electron chi connectivity index (χ3n) is 4.02. The van der Waals surface area contributed by atoms with E-state index in [0.29, 0.717) is 11.8 Å². The maximum atomic E-state index is 13.0. The van der Waals surface area contributed by atoms with Crippen molar-refractivity contribution in [1.82, 2.24) is 5.32 Å². The summed E-state index contributed by atoms with van der Waals surface area (Å²) >= 11 is 6.04. The van der Waals surface area contributed by atoms with Crippen molar-refractivity contribution < 1.29 is 4.39 Å². The van der Waals surface area contributed by atoms with E-state index >= 15 is 0 Å². The molecule has 0 radical (unpaired) electrons. The lowest BCUT2D eigenvalue weighted by atomic mass is 9.85. The van der Waals surface area contributed by atoms with Crippen LogP contribution in [0.1, 0.15) is 17.0 Å². The molecule has 2 aromatic carbocycles. The first-order valence-corrected chi connectivity index (χ1v) is 7.31. The summed E-state index contributed by atoms with van der Waals surface area (Å²) in [5, 5.41) is 4.23. The Balaban J connectivity index is 1.77. The second-order valence-electron chi connectivity index (χ2n) is 5.41. The van der Waals surface area contributed by atoms with Crippen LogP contribution in [0.4, 0.5) is 4.39 Å². The highest BCUT2D eigenvalue weighted by Crippen LogP contribution is 2.31. The van der Waals surface area contributed by atoms with E-state index < -0.39 is 0 Å². The Hall–Kier alpha value is -1.38. The zero-order valence-electron chi connectivity index (χ0n) is 11.2. The first-order chi connectivity index (χ1) is 9.72. The van der Waals surface area contributed by atoms with Crippen LogP contribution < -0.4 is 5.32 Å². The van der Waals surface area contributed by atoms with Gasteiger partial charge in [-0.05, 0) is 54.3 Å². The van der Waals surface area contributed by atoms with Gasteiger partial charge in [-0.15, -0.1) is 0 Å². The number of hydrogen-bond donors (Lipinski definition) is 1. The first-order valence-electron chi connectivity index (χ1n) is 6.93. The van der Waals surface area contributed by atoms with Crippen molar-refractivity contribution >= 4 is 11.6 Å². The van der Waals surface area contributed by atoms with Gasteiger partial charge in [0.25, 0.3) is 0 Å². The maximum Gasteiger partial charge on any atom is 0.123 e. The fourth-order valence-electron chi connectivity index (χ4n) is 3.01. The Morgan fingerprint density at radius 1 is 1.10 bits per heavy atom. The molecule has 0 aromatic heterocycles. The molecule has 0 spiro atoms. The van der Waals surface area contributed by atoms with E-state index in [9.17, 15) is 4.39 Å². The SMILES string of the molecule is Fc1ccc([C@H]2CNC[C@H]2Cc2cccc(Cl)c2)cc1. The molecule has 104 valence electrons.